The Balaban J connectivity index is 2.37. The Morgan fingerprint density at radius 1 is 0.944 bits per heavy atom. The highest BCUT2D eigenvalue weighted by Crippen LogP contribution is 2.30. The van der Waals surface area contributed by atoms with Gasteiger partial charge in [-0.05, 0) is 52.3 Å². The topological polar surface area (TPSA) is 35.8 Å². The van der Waals surface area contributed by atoms with Gasteiger partial charge in [-0.15, -0.1) is 0 Å². The second-order valence-electron chi connectivity index (χ2n) is 3.59. The van der Waals surface area contributed by atoms with Crippen molar-refractivity contribution in [2.24, 2.45) is 0 Å². The van der Waals surface area contributed by atoms with Gasteiger partial charge in [0.25, 0.3) is 0 Å². The van der Waals surface area contributed by atoms with Crippen LogP contribution in [-0.4, -0.2) is 0 Å². The van der Waals surface area contributed by atoms with Crippen molar-refractivity contribution in [1.82, 2.24) is 0 Å². The summed E-state index contributed by atoms with van der Waals surface area (Å²) in [6, 6.07) is 13.5. The number of nitrogens with zero attached hydrogens (tertiary/aromatic N) is 1. The maximum Gasteiger partial charge on any atom is 0.0992 e. The summed E-state index contributed by atoms with van der Waals surface area (Å²) in [6.07, 6.45) is 0. The molecular formula is C13H7Br3N2. The third kappa shape index (κ3) is 3.35. The first-order chi connectivity index (χ1) is 8.58. The van der Waals surface area contributed by atoms with Crippen LogP contribution in [0.3, 0.4) is 0 Å². The lowest BCUT2D eigenvalue weighted by atomic mass is 10.2. The van der Waals surface area contributed by atoms with E-state index in [4.69, 9.17) is 5.26 Å². The fourth-order valence-electron chi connectivity index (χ4n) is 1.48. The van der Waals surface area contributed by atoms with E-state index in [0.29, 0.717) is 5.56 Å². The quantitative estimate of drug-likeness (QED) is 0.674. The highest BCUT2D eigenvalue weighted by molar-refractivity contribution is 9.11. The predicted octanol–water partition coefficient (Wildman–Crippen LogP) is 5.59. The van der Waals surface area contributed by atoms with Gasteiger partial charge in [-0.1, -0.05) is 31.9 Å². The maximum absolute atomic E-state index is 8.94. The number of hydrogen-bond acceptors (Lipinski definition) is 2. The van der Waals surface area contributed by atoms with Crippen LogP contribution >= 0.6 is 47.8 Å². The SMILES string of the molecule is N#Cc1cc(Br)cc(Nc2cc(Br)ccc2Br)c1. The molecule has 90 valence electrons. The minimum absolute atomic E-state index is 0.609. The van der Waals surface area contributed by atoms with E-state index in [0.717, 1.165) is 24.8 Å². The van der Waals surface area contributed by atoms with Gasteiger partial charge in [-0.3, -0.25) is 0 Å². The average Bonchev–Trinajstić information content (AvgIpc) is 2.33. The molecule has 2 rings (SSSR count). The van der Waals surface area contributed by atoms with Gasteiger partial charge in [0.2, 0.25) is 0 Å². The Kier molecular flexibility index (Phi) is 4.44. The van der Waals surface area contributed by atoms with Crippen molar-refractivity contribution in [2.45, 2.75) is 0 Å². The molecule has 2 nitrogen and oxygen atoms in total. The summed E-state index contributed by atoms with van der Waals surface area (Å²) < 4.78 is 2.82. The second-order valence-corrected chi connectivity index (χ2v) is 6.28. The van der Waals surface area contributed by atoms with Crippen molar-refractivity contribution in [3.63, 3.8) is 0 Å². The molecule has 0 atom stereocenters. The van der Waals surface area contributed by atoms with Crippen LogP contribution in [0.25, 0.3) is 0 Å². The molecule has 0 saturated heterocycles. The van der Waals surface area contributed by atoms with E-state index in [1.54, 1.807) is 12.1 Å². The number of rotatable bonds is 2. The second kappa shape index (κ2) is 5.87. The molecule has 0 amide bonds. The standard InChI is InChI=1S/C13H7Br3N2/c14-9-1-2-12(16)13(6-9)18-11-4-8(7-17)3-10(15)5-11/h1-6,18H. The predicted molar refractivity (Wildman–Crippen MR) is 84.0 cm³/mol. The summed E-state index contributed by atoms with van der Waals surface area (Å²) in [4.78, 5) is 0. The van der Waals surface area contributed by atoms with Gasteiger partial charge in [0.15, 0.2) is 0 Å². The molecule has 0 aliphatic rings. The van der Waals surface area contributed by atoms with Gasteiger partial charge in [0.05, 0.1) is 17.3 Å². The van der Waals surface area contributed by atoms with Gasteiger partial charge in [-0.2, -0.15) is 5.26 Å². The number of hydrogen-bond donors (Lipinski definition) is 1. The maximum atomic E-state index is 8.94. The molecule has 18 heavy (non-hydrogen) atoms. The van der Waals surface area contributed by atoms with E-state index in [9.17, 15) is 0 Å². The summed E-state index contributed by atoms with van der Waals surface area (Å²) in [5, 5.41) is 12.2. The van der Waals surface area contributed by atoms with Gasteiger partial charge < -0.3 is 5.32 Å². The van der Waals surface area contributed by atoms with Crippen molar-refractivity contribution in [2.75, 3.05) is 5.32 Å². The lowest BCUT2D eigenvalue weighted by Gasteiger charge is -2.10. The summed E-state index contributed by atoms with van der Waals surface area (Å²) in [5.74, 6) is 0. The summed E-state index contributed by atoms with van der Waals surface area (Å²) in [5.41, 5.74) is 2.41. The number of benzene rings is 2. The zero-order valence-electron chi connectivity index (χ0n) is 9.05. The van der Waals surface area contributed by atoms with E-state index in [-0.39, 0.29) is 0 Å². The molecule has 0 radical (unpaired) electrons. The van der Waals surface area contributed by atoms with E-state index in [2.05, 4.69) is 59.2 Å². The first-order valence-corrected chi connectivity index (χ1v) is 7.39. The molecule has 1 N–H and O–H groups in total. The van der Waals surface area contributed by atoms with Gasteiger partial charge in [-0.25, -0.2) is 0 Å². The number of anilines is 2. The first kappa shape index (κ1) is 13.6. The van der Waals surface area contributed by atoms with Crippen molar-refractivity contribution in [3.8, 4) is 6.07 Å². The molecule has 0 aromatic heterocycles. The Hall–Kier alpha value is -0.830. The van der Waals surface area contributed by atoms with E-state index < -0.39 is 0 Å². The summed E-state index contributed by atoms with van der Waals surface area (Å²) in [6.45, 7) is 0. The Morgan fingerprint density at radius 3 is 2.44 bits per heavy atom. The van der Waals surface area contributed by atoms with Crippen LogP contribution in [-0.2, 0) is 0 Å². The average molecular weight is 431 g/mol. The van der Waals surface area contributed by atoms with E-state index >= 15 is 0 Å². The Bertz CT molecular complexity index is 633. The molecule has 0 unspecified atom stereocenters. The van der Waals surface area contributed by atoms with Crippen molar-refractivity contribution < 1.29 is 0 Å². The summed E-state index contributed by atoms with van der Waals surface area (Å²) in [7, 11) is 0. The molecule has 2 aromatic rings. The van der Waals surface area contributed by atoms with Crippen LogP contribution in [0.15, 0.2) is 49.8 Å². The molecule has 0 bridgehead atoms. The molecule has 2 aromatic carbocycles. The molecule has 5 heteroatoms. The van der Waals surface area contributed by atoms with Crippen LogP contribution < -0.4 is 5.32 Å². The summed E-state index contributed by atoms with van der Waals surface area (Å²) >= 11 is 10.3. The van der Waals surface area contributed by atoms with E-state index in [1.165, 1.54) is 0 Å². The van der Waals surface area contributed by atoms with Crippen LogP contribution in [0.5, 0.6) is 0 Å². The monoisotopic (exact) mass is 428 g/mol. The normalized spacial score (nSPS) is 9.89. The van der Waals surface area contributed by atoms with Gasteiger partial charge >= 0.3 is 0 Å². The molecule has 0 aliphatic heterocycles. The minimum Gasteiger partial charge on any atom is -0.355 e. The Labute approximate surface area is 130 Å². The Morgan fingerprint density at radius 2 is 1.72 bits per heavy atom. The molecule has 0 spiro atoms. The third-order valence-corrected chi connectivity index (χ3v) is 3.88. The number of nitrogens with one attached hydrogen (secondary N) is 1. The molecule has 0 fully saturated rings. The molecule has 0 aliphatic carbocycles. The lowest BCUT2D eigenvalue weighted by molar-refractivity contribution is 1.45. The zero-order valence-corrected chi connectivity index (χ0v) is 13.8. The third-order valence-electron chi connectivity index (χ3n) is 2.23. The highest BCUT2D eigenvalue weighted by Gasteiger charge is 2.03. The van der Waals surface area contributed by atoms with Gasteiger partial charge in [0, 0.05) is 19.1 Å². The van der Waals surface area contributed by atoms with Crippen LogP contribution in [0.1, 0.15) is 5.56 Å². The van der Waals surface area contributed by atoms with Crippen molar-refractivity contribution >= 4 is 59.2 Å². The molecular weight excluding hydrogens is 424 g/mol. The molecule has 0 heterocycles. The van der Waals surface area contributed by atoms with Crippen molar-refractivity contribution in [3.05, 3.63) is 55.4 Å². The fraction of sp³-hybridized carbons (Fsp3) is 0. The number of halogens is 3. The first-order valence-electron chi connectivity index (χ1n) is 5.01. The minimum atomic E-state index is 0.609. The number of nitriles is 1. The molecule has 0 saturated carbocycles. The highest BCUT2D eigenvalue weighted by atomic mass is 79.9. The van der Waals surface area contributed by atoms with Crippen molar-refractivity contribution in [1.29, 1.82) is 5.26 Å². The van der Waals surface area contributed by atoms with Crippen LogP contribution in [0.2, 0.25) is 0 Å². The van der Waals surface area contributed by atoms with Crippen LogP contribution in [0.4, 0.5) is 11.4 Å². The van der Waals surface area contributed by atoms with E-state index in [1.807, 2.05) is 24.3 Å². The zero-order chi connectivity index (χ0) is 13.1. The van der Waals surface area contributed by atoms with Crippen LogP contribution in [0, 0.1) is 11.3 Å². The lowest BCUT2D eigenvalue weighted by Crippen LogP contribution is -1.92. The fourth-order valence-corrected chi connectivity index (χ4v) is 2.68. The smallest absolute Gasteiger partial charge is 0.0992 e. The van der Waals surface area contributed by atoms with Gasteiger partial charge in [0.1, 0.15) is 0 Å². The largest absolute Gasteiger partial charge is 0.355 e.